The van der Waals surface area contributed by atoms with E-state index in [0.717, 1.165) is 29.8 Å². The third-order valence-corrected chi connectivity index (χ3v) is 2.98. The average molecular weight is 188 g/mol. The van der Waals surface area contributed by atoms with Crippen molar-refractivity contribution < 1.29 is 0 Å². The van der Waals surface area contributed by atoms with Gasteiger partial charge >= 0.3 is 0 Å². The highest BCUT2D eigenvalue weighted by atomic mass is 14.6. The Labute approximate surface area is 84.6 Å². The number of rotatable bonds is 1. The van der Waals surface area contributed by atoms with Gasteiger partial charge in [0.15, 0.2) is 0 Å². The summed E-state index contributed by atoms with van der Waals surface area (Å²) in [6, 6.07) is 7.94. The molecule has 0 aromatic heterocycles. The molecular weight excluding hydrogens is 172 g/mol. The van der Waals surface area contributed by atoms with Crippen molar-refractivity contribution in [3.63, 3.8) is 0 Å². The van der Waals surface area contributed by atoms with Crippen LogP contribution in [0.3, 0.4) is 0 Å². The number of nitrogens with two attached hydrogens (primary N) is 1. The molecule has 1 aromatic carbocycles. The summed E-state index contributed by atoms with van der Waals surface area (Å²) in [5, 5.41) is 7.92. The highest BCUT2D eigenvalue weighted by Crippen LogP contribution is 2.32. The van der Waals surface area contributed by atoms with E-state index in [1.807, 2.05) is 18.2 Å². The Morgan fingerprint density at radius 2 is 2.00 bits per heavy atom. The summed E-state index contributed by atoms with van der Waals surface area (Å²) >= 11 is 0. The van der Waals surface area contributed by atoms with Crippen LogP contribution in [-0.2, 0) is 0 Å². The number of para-hydroxylation sites is 1. The van der Waals surface area contributed by atoms with Crippen LogP contribution in [0.1, 0.15) is 37.2 Å². The van der Waals surface area contributed by atoms with Gasteiger partial charge in [-0.05, 0) is 30.9 Å². The molecule has 0 spiro atoms. The fourth-order valence-corrected chi connectivity index (χ4v) is 2.18. The second kappa shape index (κ2) is 3.82. The number of anilines is 1. The molecule has 14 heavy (non-hydrogen) atoms. The molecule has 1 aliphatic rings. The van der Waals surface area contributed by atoms with Crippen LogP contribution in [0.15, 0.2) is 24.3 Å². The molecule has 3 N–H and O–H groups in total. The smallest absolute Gasteiger partial charge is 0.0353 e. The Hall–Kier alpha value is -1.31. The van der Waals surface area contributed by atoms with Crippen LogP contribution in [0.2, 0.25) is 0 Å². The normalized spacial score (nSPS) is 22.3. The van der Waals surface area contributed by atoms with Gasteiger partial charge in [0, 0.05) is 17.3 Å². The molecule has 1 unspecified atom stereocenters. The maximum absolute atomic E-state index is 7.92. The van der Waals surface area contributed by atoms with Crippen molar-refractivity contribution in [2.75, 3.05) is 5.73 Å². The summed E-state index contributed by atoms with van der Waals surface area (Å²) in [6.07, 6.45) is 4.43. The van der Waals surface area contributed by atoms with Crippen LogP contribution in [0.5, 0.6) is 0 Å². The number of hydrogen-bond acceptors (Lipinski definition) is 2. The van der Waals surface area contributed by atoms with Gasteiger partial charge in [-0.1, -0.05) is 24.6 Å². The average Bonchev–Trinajstić information content (AvgIpc) is 2.20. The molecule has 1 aliphatic carbocycles. The van der Waals surface area contributed by atoms with Crippen molar-refractivity contribution >= 4 is 11.4 Å². The maximum atomic E-state index is 7.92. The Balaban J connectivity index is 2.29. The molecule has 0 saturated heterocycles. The van der Waals surface area contributed by atoms with E-state index in [9.17, 15) is 0 Å². The van der Waals surface area contributed by atoms with Crippen molar-refractivity contribution in [2.45, 2.75) is 31.6 Å². The van der Waals surface area contributed by atoms with Crippen molar-refractivity contribution in [3.8, 4) is 0 Å². The SMILES string of the molecule is N=C1CCCCC1c1ccccc1N. The van der Waals surface area contributed by atoms with Crippen molar-refractivity contribution in [1.82, 2.24) is 0 Å². The third-order valence-electron chi connectivity index (χ3n) is 2.98. The first-order valence-electron chi connectivity index (χ1n) is 5.21. The van der Waals surface area contributed by atoms with E-state index in [-0.39, 0.29) is 5.92 Å². The second-order valence-corrected chi connectivity index (χ2v) is 3.95. The molecule has 2 heteroatoms. The first-order chi connectivity index (χ1) is 6.79. The van der Waals surface area contributed by atoms with Crippen molar-refractivity contribution in [2.24, 2.45) is 0 Å². The summed E-state index contributed by atoms with van der Waals surface area (Å²) < 4.78 is 0. The maximum Gasteiger partial charge on any atom is 0.0353 e. The van der Waals surface area contributed by atoms with Gasteiger partial charge in [0.25, 0.3) is 0 Å². The molecule has 1 atom stereocenters. The standard InChI is InChI=1S/C12H16N2/c13-11-7-3-1-5-9(11)10-6-2-4-8-12(10)14/h1,3,5,7,10,14H,2,4,6,8,13H2. The van der Waals surface area contributed by atoms with Gasteiger partial charge in [-0.15, -0.1) is 0 Å². The van der Waals surface area contributed by atoms with Gasteiger partial charge in [-0.2, -0.15) is 0 Å². The van der Waals surface area contributed by atoms with Gasteiger partial charge in [-0.3, -0.25) is 0 Å². The fourth-order valence-electron chi connectivity index (χ4n) is 2.18. The first kappa shape index (κ1) is 9.25. The molecule has 0 bridgehead atoms. The zero-order valence-electron chi connectivity index (χ0n) is 8.29. The minimum Gasteiger partial charge on any atom is -0.398 e. The molecule has 0 aliphatic heterocycles. The van der Waals surface area contributed by atoms with Crippen LogP contribution in [-0.4, -0.2) is 5.71 Å². The molecule has 0 amide bonds. The van der Waals surface area contributed by atoms with Crippen LogP contribution in [0.25, 0.3) is 0 Å². The van der Waals surface area contributed by atoms with Crippen molar-refractivity contribution in [3.05, 3.63) is 29.8 Å². The predicted molar refractivity (Wildman–Crippen MR) is 59.8 cm³/mol. The Kier molecular flexibility index (Phi) is 2.53. The second-order valence-electron chi connectivity index (χ2n) is 3.95. The van der Waals surface area contributed by atoms with Crippen LogP contribution < -0.4 is 5.73 Å². The highest BCUT2D eigenvalue weighted by Gasteiger charge is 2.21. The van der Waals surface area contributed by atoms with E-state index in [0.29, 0.717) is 0 Å². The third kappa shape index (κ3) is 1.65. The lowest BCUT2D eigenvalue weighted by Gasteiger charge is -2.24. The zero-order chi connectivity index (χ0) is 9.97. The molecule has 0 radical (unpaired) electrons. The lowest BCUT2D eigenvalue weighted by molar-refractivity contribution is 0.610. The van der Waals surface area contributed by atoms with E-state index >= 15 is 0 Å². The minimum absolute atomic E-state index is 0.282. The Morgan fingerprint density at radius 3 is 2.71 bits per heavy atom. The molecule has 1 fully saturated rings. The summed E-state index contributed by atoms with van der Waals surface area (Å²) in [5.74, 6) is 0.282. The number of hydrogen-bond donors (Lipinski definition) is 2. The molecule has 2 rings (SSSR count). The first-order valence-corrected chi connectivity index (χ1v) is 5.21. The lowest BCUT2D eigenvalue weighted by atomic mass is 9.82. The topological polar surface area (TPSA) is 49.9 Å². The molecular formula is C12H16N2. The quantitative estimate of drug-likeness (QED) is 0.654. The molecule has 74 valence electrons. The largest absolute Gasteiger partial charge is 0.398 e. The van der Waals surface area contributed by atoms with E-state index in [2.05, 4.69) is 6.07 Å². The summed E-state index contributed by atoms with van der Waals surface area (Å²) in [4.78, 5) is 0. The summed E-state index contributed by atoms with van der Waals surface area (Å²) in [5.41, 5.74) is 8.76. The van der Waals surface area contributed by atoms with Crippen LogP contribution in [0.4, 0.5) is 5.69 Å². The van der Waals surface area contributed by atoms with Crippen molar-refractivity contribution in [1.29, 1.82) is 5.41 Å². The lowest BCUT2D eigenvalue weighted by Crippen LogP contribution is -2.17. The van der Waals surface area contributed by atoms with E-state index in [4.69, 9.17) is 11.1 Å². The van der Waals surface area contributed by atoms with Gasteiger partial charge in [0.2, 0.25) is 0 Å². The molecule has 2 nitrogen and oxygen atoms in total. The van der Waals surface area contributed by atoms with Gasteiger partial charge in [0.05, 0.1) is 0 Å². The van der Waals surface area contributed by atoms with Crippen LogP contribution in [0, 0.1) is 5.41 Å². The molecule has 1 aromatic rings. The summed E-state index contributed by atoms with van der Waals surface area (Å²) in [6.45, 7) is 0. The number of benzene rings is 1. The van der Waals surface area contributed by atoms with Gasteiger partial charge in [-0.25, -0.2) is 0 Å². The molecule has 0 heterocycles. The van der Waals surface area contributed by atoms with E-state index in [1.165, 1.54) is 12.8 Å². The number of nitrogens with one attached hydrogen (secondary N) is 1. The zero-order valence-corrected chi connectivity index (χ0v) is 8.29. The van der Waals surface area contributed by atoms with Gasteiger partial charge in [0.1, 0.15) is 0 Å². The summed E-state index contributed by atoms with van der Waals surface area (Å²) in [7, 11) is 0. The van der Waals surface area contributed by atoms with Crippen LogP contribution >= 0.6 is 0 Å². The number of nitrogen functional groups attached to an aromatic ring is 1. The van der Waals surface area contributed by atoms with E-state index < -0.39 is 0 Å². The monoisotopic (exact) mass is 188 g/mol. The highest BCUT2D eigenvalue weighted by molar-refractivity contribution is 5.90. The Morgan fingerprint density at radius 1 is 1.21 bits per heavy atom. The molecule has 1 saturated carbocycles. The predicted octanol–water partition coefficient (Wildman–Crippen LogP) is 2.95. The minimum atomic E-state index is 0.282. The Bertz CT molecular complexity index is 344. The van der Waals surface area contributed by atoms with E-state index in [1.54, 1.807) is 0 Å². The van der Waals surface area contributed by atoms with Gasteiger partial charge < -0.3 is 11.1 Å². The fraction of sp³-hybridized carbons (Fsp3) is 0.417.